The summed E-state index contributed by atoms with van der Waals surface area (Å²) in [6, 6.07) is 16.1. The quantitative estimate of drug-likeness (QED) is 0.0948. The molecule has 16 nitrogen and oxygen atoms in total. The molecule has 4 aromatic rings. The third kappa shape index (κ3) is 7.09. The predicted molar refractivity (Wildman–Crippen MR) is 193 cm³/mol. The molecule has 286 valence electrons. The Kier molecular flexibility index (Phi) is 10.0. The Bertz CT molecular complexity index is 2300. The van der Waals surface area contributed by atoms with E-state index in [0.717, 1.165) is 22.3 Å². The van der Waals surface area contributed by atoms with E-state index in [4.69, 9.17) is 28.6 Å². The van der Waals surface area contributed by atoms with Gasteiger partial charge in [-0.2, -0.15) is 0 Å². The number of aliphatic hydroxyl groups is 4. The van der Waals surface area contributed by atoms with E-state index >= 15 is 0 Å². The Hall–Kier alpha value is -5.88. The Morgan fingerprint density at radius 3 is 2.47 bits per heavy atom. The van der Waals surface area contributed by atoms with Gasteiger partial charge in [0, 0.05) is 23.4 Å². The van der Waals surface area contributed by atoms with Gasteiger partial charge in [0.2, 0.25) is 12.4 Å². The molecule has 1 saturated heterocycles. The minimum atomic E-state index is -2.58. The number of fused-ring (bicyclic) bond motifs is 2. The van der Waals surface area contributed by atoms with Crippen LogP contribution in [0.4, 0.5) is 0 Å². The maximum atomic E-state index is 13.4. The van der Waals surface area contributed by atoms with E-state index in [0.29, 0.717) is 17.0 Å². The second kappa shape index (κ2) is 14.7. The van der Waals surface area contributed by atoms with Crippen LogP contribution in [-0.2, 0) is 23.9 Å². The van der Waals surface area contributed by atoms with E-state index in [-0.39, 0.29) is 40.0 Å². The molecule has 1 fully saturated rings. The molecule has 1 aromatic heterocycles. The standard InChI is InChI=1S/C39H36N2O14/c1-19-11-20(2)13-23(12-19)31-30-22(9-10-40-30)15-41(31)55-35-38(54-29(34(46)39(35,50)18-42)17-52-37(49)33(45)36(47)48)53-25-7-8-26-28(14-25)51-16-27(32(26)44)21-3-5-24(43)6-4-21/h3-14,16,29,33-35,38,42-43,45-46,50H,15,17-18H2,1-2H3,(H,47,48)/t29-,33+,34-,35+,38-,39+/m0/s1. The van der Waals surface area contributed by atoms with Gasteiger partial charge in [0.25, 0.3) is 0 Å². The Labute approximate surface area is 312 Å². The summed E-state index contributed by atoms with van der Waals surface area (Å²) in [6.07, 6.45) is -4.93. The van der Waals surface area contributed by atoms with Crippen LogP contribution in [0.5, 0.6) is 11.5 Å². The maximum absolute atomic E-state index is 13.4. The number of carbonyl (C=O) groups excluding carboxylic acids is 1. The fourth-order valence-corrected chi connectivity index (χ4v) is 6.76. The van der Waals surface area contributed by atoms with Crippen LogP contribution in [0.3, 0.4) is 0 Å². The summed E-state index contributed by atoms with van der Waals surface area (Å²) in [7, 11) is 0. The normalized spacial score (nSPS) is 23.8. The third-order valence-corrected chi connectivity index (χ3v) is 9.50. The summed E-state index contributed by atoms with van der Waals surface area (Å²) >= 11 is 0. The molecular formula is C39H36N2O14. The first kappa shape index (κ1) is 37.4. The van der Waals surface area contributed by atoms with Gasteiger partial charge >= 0.3 is 11.9 Å². The van der Waals surface area contributed by atoms with Crippen LogP contribution in [0, 0.1) is 13.8 Å². The highest BCUT2D eigenvalue weighted by atomic mass is 16.8. The van der Waals surface area contributed by atoms with Gasteiger partial charge in [-0.3, -0.25) is 14.6 Å². The van der Waals surface area contributed by atoms with Crippen molar-refractivity contribution in [2.75, 3.05) is 19.8 Å². The van der Waals surface area contributed by atoms with Crippen LogP contribution in [0.15, 0.2) is 98.5 Å². The largest absolute Gasteiger partial charge is 0.508 e. The first-order valence-electron chi connectivity index (χ1n) is 17.0. The van der Waals surface area contributed by atoms with Gasteiger partial charge in [-0.1, -0.05) is 29.3 Å². The zero-order valence-corrected chi connectivity index (χ0v) is 29.4. The molecule has 0 saturated carbocycles. The summed E-state index contributed by atoms with van der Waals surface area (Å²) < 4.78 is 22.9. The highest BCUT2D eigenvalue weighted by Crippen LogP contribution is 2.42. The van der Waals surface area contributed by atoms with Crippen LogP contribution in [0.25, 0.3) is 27.8 Å². The molecule has 0 amide bonds. The number of hydrogen-bond donors (Lipinski definition) is 6. The number of esters is 1. The summed E-state index contributed by atoms with van der Waals surface area (Å²) in [5.41, 5.74) is 2.44. The van der Waals surface area contributed by atoms with Crippen LogP contribution >= 0.6 is 0 Å². The smallest absolute Gasteiger partial charge is 0.346 e. The van der Waals surface area contributed by atoms with Gasteiger partial charge in [0.05, 0.1) is 35.5 Å². The summed E-state index contributed by atoms with van der Waals surface area (Å²) in [5, 5.41) is 64.1. The number of aliphatic carboxylic acids is 1. The zero-order chi connectivity index (χ0) is 39.2. The number of benzene rings is 3. The number of phenols is 1. The minimum Gasteiger partial charge on any atom is -0.508 e. The Balaban J connectivity index is 1.25. The Morgan fingerprint density at radius 1 is 1.05 bits per heavy atom. The van der Waals surface area contributed by atoms with Gasteiger partial charge in [0.15, 0.2) is 17.1 Å². The summed E-state index contributed by atoms with van der Waals surface area (Å²) in [5.74, 6) is -3.39. The number of allylic oxidation sites excluding steroid dienone is 1. The lowest BCUT2D eigenvalue weighted by Crippen LogP contribution is -2.71. The molecule has 55 heavy (non-hydrogen) atoms. The lowest BCUT2D eigenvalue weighted by atomic mass is 9.84. The number of carbonyl (C=O) groups is 2. The van der Waals surface area contributed by atoms with Gasteiger partial charge in [0.1, 0.15) is 42.2 Å². The number of aliphatic hydroxyl groups excluding tert-OH is 3. The molecule has 0 radical (unpaired) electrons. The monoisotopic (exact) mass is 756 g/mol. The van der Waals surface area contributed by atoms with Gasteiger partial charge < -0.3 is 49.3 Å². The van der Waals surface area contributed by atoms with Crippen LogP contribution in [0.1, 0.15) is 16.7 Å². The second-order valence-corrected chi connectivity index (χ2v) is 13.4. The predicted octanol–water partition coefficient (Wildman–Crippen LogP) is 1.95. The second-order valence-electron chi connectivity index (χ2n) is 13.4. The van der Waals surface area contributed by atoms with E-state index in [1.54, 1.807) is 24.4 Å². The van der Waals surface area contributed by atoms with Gasteiger partial charge in [-0.25, -0.2) is 14.7 Å². The number of carboxylic acid groups (broad SMARTS) is 1. The number of nitrogens with zero attached hydrogens (tertiary/aromatic N) is 2. The van der Waals surface area contributed by atoms with E-state index in [2.05, 4.69) is 4.99 Å². The van der Waals surface area contributed by atoms with E-state index in [9.17, 15) is 39.9 Å². The fourth-order valence-electron chi connectivity index (χ4n) is 6.76. The van der Waals surface area contributed by atoms with Gasteiger partial charge in [-0.05, 0) is 61.9 Å². The van der Waals surface area contributed by atoms with Crippen molar-refractivity contribution in [3.63, 3.8) is 0 Å². The van der Waals surface area contributed by atoms with Gasteiger partial charge in [-0.15, -0.1) is 0 Å². The fraction of sp³-hybridized carbons (Fsp3) is 0.282. The maximum Gasteiger partial charge on any atom is 0.346 e. The lowest BCUT2D eigenvalue weighted by molar-refractivity contribution is -0.359. The average molecular weight is 757 g/mol. The lowest BCUT2D eigenvalue weighted by Gasteiger charge is -2.49. The van der Waals surface area contributed by atoms with Crippen molar-refractivity contribution < 1.29 is 63.7 Å². The molecule has 0 aliphatic carbocycles. The zero-order valence-electron chi connectivity index (χ0n) is 29.4. The number of aliphatic imine (C=N–C) groups is 1. The SMILES string of the molecule is Cc1cc(C)cc(C2=C3N=CC=C3CN2O[C@@H]2[C@@H](Oc3ccc4c(=O)c(-c5ccc(O)cc5)coc4c3)O[C@@H](COC(=O)[C@H](O)C(=O)O)[C@H](O)[C@]2(O)CO)c1. The molecule has 3 aliphatic heterocycles. The van der Waals surface area contributed by atoms with Crippen molar-refractivity contribution >= 4 is 34.8 Å². The number of ether oxygens (including phenoxy) is 3. The molecule has 16 heteroatoms. The molecule has 3 aromatic carbocycles. The van der Waals surface area contributed by atoms with Crippen molar-refractivity contribution in [1.29, 1.82) is 0 Å². The van der Waals surface area contributed by atoms with Crippen LogP contribution < -0.4 is 10.2 Å². The van der Waals surface area contributed by atoms with Crippen LogP contribution in [-0.4, -0.2) is 110 Å². The van der Waals surface area contributed by atoms with Crippen LogP contribution in [0.2, 0.25) is 0 Å². The molecule has 6 atom stereocenters. The topological polar surface area (TPSA) is 238 Å². The highest BCUT2D eigenvalue weighted by Gasteiger charge is 2.59. The average Bonchev–Trinajstić information content (AvgIpc) is 3.75. The first-order chi connectivity index (χ1) is 26.3. The number of aromatic hydroxyl groups is 1. The number of aryl methyl sites for hydroxylation is 2. The molecule has 4 heterocycles. The Morgan fingerprint density at radius 2 is 1.78 bits per heavy atom. The molecule has 0 bridgehead atoms. The molecule has 0 spiro atoms. The van der Waals surface area contributed by atoms with E-state index in [1.807, 2.05) is 32.0 Å². The van der Waals surface area contributed by atoms with Crippen molar-refractivity contribution in [2.24, 2.45) is 4.99 Å². The van der Waals surface area contributed by atoms with Crippen molar-refractivity contribution in [3.05, 3.63) is 111 Å². The molecule has 7 rings (SSSR count). The first-order valence-corrected chi connectivity index (χ1v) is 17.0. The summed E-state index contributed by atoms with van der Waals surface area (Å²) in [4.78, 5) is 47.7. The van der Waals surface area contributed by atoms with Crippen molar-refractivity contribution in [3.8, 4) is 22.6 Å². The van der Waals surface area contributed by atoms with Crippen molar-refractivity contribution in [2.45, 2.75) is 50.2 Å². The molecule has 3 aliphatic rings. The summed E-state index contributed by atoms with van der Waals surface area (Å²) in [6.45, 7) is 1.99. The third-order valence-electron chi connectivity index (χ3n) is 9.50. The number of rotatable bonds is 11. The van der Waals surface area contributed by atoms with Crippen molar-refractivity contribution in [1.82, 2.24) is 5.06 Å². The number of hydrogen-bond acceptors (Lipinski definition) is 15. The number of carboxylic acids is 1. The molecular weight excluding hydrogens is 720 g/mol. The minimum absolute atomic E-state index is 0.0260. The molecule has 0 unspecified atom stereocenters. The van der Waals surface area contributed by atoms with E-state index < -0.39 is 61.5 Å². The highest BCUT2D eigenvalue weighted by molar-refractivity contribution is 5.96. The number of hydroxylamine groups is 2. The number of phenolic OH excluding ortho intramolecular Hbond substituents is 1. The molecule has 6 N–H and O–H groups in total. The van der Waals surface area contributed by atoms with E-state index in [1.165, 1.54) is 41.7 Å².